The molecule has 0 saturated carbocycles. The first-order valence-corrected chi connectivity index (χ1v) is 8.91. The molecule has 0 aliphatic rings. The third-order valence-corrected chi connectivity index (χ3v) is 5.86. The summed E-state index contributed by atoms with van der Waals surface area (Å²) in [6.07, 6.45) is 0. The molecule has 128 valence electrons. The van der Waals surface area contributed by atoms with E-state index in [1.807, 2.05) is 0 Å². The molecule has 0 aliphatic carbocycles. The zero-order chi connectivity index (χ0) is 18.3. The predicted octanol–water partition coefficient (Wildman–Crippen LogP) is 4.90. The molecule has 0 spiro atoms. The number of aromatic nitrogens is 2. The number of nitro groups is 2. The van der Waals surface area contributed by atoms with E-state index in [0.717, 1.165) is 4.01 Å². The molecule has 2 aromatic carbocycles. The lowest BCUT2D eigenvalue weighted by Gasteiger charge is -1.97. The van der Waals surface area contributed by atoms with E-state index in [2.05, 4.69) is 9.97 Å². The van der Waals surface area contributed by atoms with Crippen molar-refractivity contribution in [3.63, 3.8) is 0 Å². The van der Waals surface area contributed by atoms with Crippen LogP contribution in [0.3, 0.4) is 0 Å². The maximum atomic E-state index is 10.9. The minimum absolute atomic E-state index is 0.00583. The first-order chi connectivity index (χ1) is 12.5. The number of fused-ring (bicyclic) bond motifs is 1. The van der Waals surface area contributed by atoms with Crippen molar-refractivity contribution in [1.82, 2.24) is 9.97 Å². The number of thiazole rings is 2. The Bertz CT molecular complexity index is 1050. The molecule has 0 radical (unpaired) electrons. The summed E-state index contributed by atoms with van der Waals surface area (Å²) < 4.78 is 0.855. The highest BCUT2D eigenvalue weighted by molar-refractivity contribution is 7.40. The lowest BCUT2D eigenvalue weighted by atomic mass is 10.2. The maximum Gasteiger partial charge on any atom is 0.270 e. The van der Waals surface area contributed by atoms with Crippen LogP contribution < -0.4 is 0 Å². The van der Waals surface area contributed by atoms with Gasteiger partial charge < -0.3 is 0 Å². The standard InChI is InChI=1S/C16H8N4O4S2/c21-19(22)11-5-1-3-9(7-11)14-17-13-16(25-14)26-15(18-13)10-4-2-6-12(8-10)20(23)24/h1-8H. The summed E-state index contributed by atoms with van der Waals surface area (Å²) in [4.78, 5) is 29.8. The van der Waals surface area contributed by atoms with E-state index in [1.54, 1.807) is 24.3 Å². The number of nitrogens with zero attached hydrogens (tertiary/aromatic N) is 4. The van der Waals surface area contributed by atoms with E-state index < -0.39 is 9.85 Å². The van der Waals surface area contributed by atoms with Gasteiger partial charge in [0, 0.05) is 35.4 Å². The number of non-ortho nitro benzene ring substituents is 2. The van der Waals surface area contributed by atoms with Gasteiger partial charge in [-0.3, -0.25) is 20.2 Å². The average molecular weight is 384 g/mol. The molecule has 0 fully saturated rings. The van der Waals surface area contributed by atoms with Crippen LogP contribution in [0.15, 0.2) is 48.5 Å². The van der Waals surface area contributed by atoms with Gasteiger partial charge in [0.2, 0.25) is 0 Å². The highest BCUT2D eigenvalue weighted by Gasteiger charge is 2.16. The van der Waals surface area contributed by atoms with Crippen molar-refractivity contribution in [2.24, 2.45) is 0 Å². The molecular weight excluding hydrogens is 376 g/mol. The number of nitro benzene ring substituents is 2. The molecule has 0 N–H and O–H groups in total. The Morgan fingerprint density at radius 2 is 1.23 bits per heavy atom. The fourth-order valence-electron chi connectivity index (χ4n) is 2.39. The first-order valence-electron chi connectivity index (χ1n) is 7.28. The zero-order valence-electron chi connectivity index (χ0n) is 12.9. The molecule has 4 aromatic rings. The van der Waals surface area contributed by atoms with Gasteiger partial charge in [-0.1, -0.05) is 24.3 Å². The highest BCUT2D eigenvalue weighted by Crippen LogP contribution is 2.38. The van der Waals surface area contributed by atoms with Crippen molar-refractivity contribution in [2.45, 2.75) is 0 Å². The smallest absolute Gasteiger partial charge is 0.258 e. The zero-order valence-corrected chi connectivity index (χ0v) is 14.5. The molecule has 0 aliphatic heterocycles. The molecular formula is C16H8N4O4S2. The fourth-order valence-corrected chi connectivity index (χ4v) is 4.50. The average Bonchev–Trinajstić information content (AvgIpc) is 3.21. The minimum Gasteiger partial charge on any atom is -0.258 e. The van der Waals surface area contributed by atoms with Crippen LogP contribution in [0, 0.1) is 20.2 Å². The van der Waals surface area contributed by atoms with E-state index in [9.17, 15) is 20.2 Å². The molecule has 0 bridgehead atoms. The Kier molecular flexibility index (Phi) is 3.90. The summed E-state index contributed by atoms with van der Waals surface area (Å²) in [6, 6.07) is 12.6. The number of hydrogen-bond donors (Lipinski definition) is 0. The van der Waals surface area contributed by atoms with Crippen molar-refractivity contribution in [3.8, 4) is 21.1 Å². The van der Waals surface area contributed by atoms with E-state index in [1.165, 1.54) is 46.9 Å². The first kappa shape index (κ1) is 16.2. The van der Waals surface area contributed by atoms with Crippen molar-refractivity contribution >= 4 is 43.7 Å². The van der Waals surface area contributed by atoms with Gasteiger partial charge in [-0.05, 0) is 0 Å². The van der Waals surface area contributed by atoms with Crippen LogP contribution in [-0.4, -0.2) is 19.8 Å². The van der Waals surface area contributed by atoms with Crippen LogP contribution in [-0.2, 0) is 0 Å². The van der Waals surface area contributed by atoms with Crippen LogP contribution in [0.5, 0.6) is 0 Å². The largest absolute Gasteiger partial charge is 0.270 e. The molecule has 0 saturated heterocycles. The van der Waals surface area contributed by atoms with Crippen molar-refractivity contribution in [2.75, 3.05) is 0 Å². The normalized spacial score (nSPS) is 10.9. The molecule has 0 amide bonds. The summed E-state index contributed by atoms with van der Waals surface area (Å²) in [7, 11) is 0. The summed E-state index contributed by atoms with van der Waals surface area (Å²) in [5.74, 6) is 0. The molecule has 26 heavy (non-hydrogen) atoms. The van der Waals surface area contributed by atoms with Gasteiger partial charge in [0.05, 0.1) is 9.85 Å². The third-order valence-electron chi connectivity index (χ3n) is 3.58. The third kappa shape index (κ3) is 2.91. The molecule has 8 nitrogen and oxygen atoms in total. The molecule has 10 heteroatoms. The van der Waals surface area contributed by atoms with Gasteiger partial charge in [0.25, 0.3) is 11.4 Å². The van der Waals surface area contributed by atoms with Gasteiger partial charge in [0.15, 0.2) is 5.65 Å². The van der Waals surface area contributed by atoms with Gasteiger partial charge >= 0.3 is 0 Å². The van der Waals surface area contributed by atoms with Gasteiger partial charge in [0.1, 0.15) is 14.0 Å². The Morgan fingerprint density at radius 1 is 0.769 bits per heavy atom. The Morgan fingerprint density at radius 3 is 1.62 bits per heavy atom. The monoisotopic (exact) mass is 384 g/mol. The number of benzene rings is 2. The molecule has 0 unspecified atom stereocenters. The van der Waals surface area contributed by atoms with Crippen LogP contribution in [0.25, 0.3) is 30.8 Å². The van der Waals surface area contributed by atoms with Crippen molar-refractivity contribution < 1.29 is 9.85 Å². The van der Waals surface area contributed by atoms with Crippen LogP contribution >= 0.6 is 22.7 Å². The van der Waals surface area contributed by atoms with Crippen LogP contribution in [0.1, 0.15) is 0 Å². The summed E-state index contributed by atoms with van der Waals surface area (Å²) in [5.41, 5.74) is 1.86. The molecule has 4 rings (SSSR count). The lowest BCUT2D eigenvalue weighted by Crippen LogP contribution is -1.88. The summed E-state index contributed by atoms with van der Waals surface area (Å²) in [5, 5.41) is 23.1. The Labute approximate surface area is 153 Å². The lowest BCUT2D eigenvalue weighted by molar-refractivity contribution is -0.385. The maximum absolute atomic E-state index is 10.9. The van der Waals surface area contributed by atoms with E-state index in [0.29, 0.717) is 26.8 Å². The molecule has 2 aromatic heterocycles. The van der Waals surface area contributed by atoms with E-state index >= 15 is 0 Å². The number of rotatable bonds is 4. The highest BCUT2D eigenvalue weighted by atomic mass is 32.2. The SMILES string of the molecule is O=[N+]([O-])c1cccc(-c2nc3nc(-c4cccc([N+](=O)[O-])c4)sc3s2)c1. The molecule has 0 atom stereocenters. The molecule has 2 heterocycles. The predicted molar refractivity (Wildman–Crippen MR) is 99.5 cm³/mol. The fraction of sp³-hybridized carbons (Fsp3) is 0. The van der Waals surface area contributed by atoms with E-state index in [4.69, 9.17) is 0 Å². The van der Waals surface area contributed by atoms with Crippen LogP contribution in [0.4, 0.5) is 11.4 Å². The quantitative estimate of drug-likeness (QED) is 0.365. The van der Waals surface area contributed by atoms with Crippen molar-refractivity contribution in [3.05, 3.63) is 68.8 Å². The minimum atomic E-state index is -0.446. The second-order valence-electron chi connectivity index (χ2n) is 5.26. The van der Waals surface area contributed by atoms with Gasteiger partial charge in [-0.15, -0.1) is 22.7 Å². The van der Waals surface area contributed by atoms with Gasteiger partial charge in [-0.2, -0.15) is 0 Å². The second kappa shape index (κ2) is 6.24. The summed E-state index contributed by atoms with van der Waals surface area (Å²) >= 11 is 2.77. The van der Waals surface area contributed by atoms with Crippen LogP contribution in [0.2, 0.25) is 0 Å². The summed E-state index contributed by atoms with van der Waals surface area (Å²) in [6.45, 7) is 0. The second-order valence-corrected chi connectivity index (χ2v) is 7.52. The number of hydrogen-bond acceptors (Lipinski definition) is 8. The van der Waals surface area contributed by atoms with E-state index in [-0.39, 0.29) is 11.4 Å². The Balaban J connectivity index is 1.72. The van der Waals surface area contributed by atoms with Gasteiger partial charge in [-0.25, -0.2) is 9.97 Å². The topological polar surface area (TPSA) is 112 Å². The Hall–Kier alpha value is -3.24. The van der Waals surface area contributed by atoms with Crippen molar-refractivity contribution in [1.29, 1.82) is 0 Å².